The van der Waals surface area contributed by atoms with Gasteiger partial charge in [0.05, 0.1) is 12.3 Å². The van der Waals surface area contributed by atoms with Crippen molar-refractivity contribution in [2.75, 3.05) is 13.7 Å². The number of oxime groups is 1. The van der Waals surface area contributed by atoms with Crippen LogP contribution in [0.3, 0.4) is 0 Å². The maximum atomic E-state index is 13.6. The average molecular weight is 437 g/mol. The van der Waals surface area contributed by atoms with E-state index in [1.165, 1.54) is 12.0 Å². The molecule has 32 heavy (non-hydrogen) atoms. The first kappa shape index (κ1) is 23.0. The molecule has 4 N–H and O–H groups in total. The van der Waals surface area contributed by atoms with Crippen LogP contribution in [0.5, 0.6) is 0 Å². The van der Waals surface area contributed by atoms with E-state index in [0.29, 0.717) is 11.3 Å². The lowest BCUT2D eigenvalue weighted by atomic mass is 9.88. The smallest absolute Gasteiger partial charge is 0.255 e. The number of primary amides is 2. The quantitative estimate of drug-likeness (QED) is 0.645. The summed E-state index contributed by atoms with van der Waals surface area (Å²) in [5.41, 5.74) is 14.6. The highest BCUT2D eigenvalue weighted by atomic mass is 16.6. The number of rotatable bonds is 7. The average Bonchev–Trinajstić information content (AvgIpc) is 3.12. The lowest BCUT2D eigenvalue weighted by molar-refractivity contribution is -0.128. The number of carbonyl (C=O) groups is 3. The molecule has 0 aliphatic carbocycles. The van der Waals surface area contributed by atoms with Crippen molar-refractivity contribution in [3.63, 3.8) is 0 Å². The van der Waals surface area contributed by atoms with Gasteiger partial charge in [-0.2, -0.15) is 0 Å². The topological polar surface area (TPSA) is 128 Å². The first-order valence-electron chi connectivity index (χ1n) is 10.4. The highest BCUT2D eigenvalue weighted by Crippen LogP contribution is 2.35. The van der Waals surface area contributed by atoms with E-state index in [2.05, 4.69) is 5.16 Å². The molecule has 0 bridgehead atoms. The van der Waals surface area contributed by atoms with Crippen molar-refractivity contribution in [1.82, 2.24) is 4.90 Å². The van der Waals surface area contributed by atoms with Crippen molar-refractivity contribution < 1.29 is 19.2 Å². The Morgan fingerprint density at radius 1 is 1.09 bits per heavy atom. The fourth-order valence-electron chi connectivity index (χ4n) is 4.29. The van der Waals surface area contributed by atoms with Gasteiger partial charge in [-0.25, -0.2) is 0 Å². The van der Waals surface area contributed by atoms with Crippen molar-refractivity contribution in [3.8, 4) is 11.1 Å². The van der Waals surface area contributed by atoms with E-state index < -0.39 is 17.4 Å². The minimum absolute atomic E-state index is 0.0203. The Bertz CT molecular complexity index is 1100. The highest BCUT2D eigenvalue weighted by molar-refractivity contribution is 6.08. The van der Waals surface area contributed by atoms with Crippen LogP contribution < -0.4 is 11.5 Å². The first-order valence-corrected chi connectivity index (χ1v) is 10.4. The minimum atomic E-state index is -1.40. The monoisotopic (exact) mass is 436 g/mol. The maximum absolute atomic E-state index is 13.6. The number of nitrogens with two attached hydrogens (primary N) is 2. The summed E-state index contributed by atoms with van der Waals surface area (Å²) in [5, 5.41) is 3.94. The molecule has 1 aliphatic heterocycles. The fraction of sp³-hybridized carbons (Fsp3) is 0.333. The summed E-state index contributed by atoms with van der Waals surface area (Å²) in [6.07, 6.45) is 0.0280. The molecule has 2 aromatic rings. The summed E-state index contributed by atoms with van der Waals surface area (Å²) >= 11 is 0. The molecule has 1 atom stereocenters. The van der Waals surface area contributed by atoms with Crippen molar-refractivity contribution in [2.24, 2.45) is 16.6 Å². The molecule has 3 rings (SSSR count). The van der Waals surface area contributed by atoms with Gasteiger partial charge in [-0.1, -0.05) is 41.6 Å². The standard InChI is InChI=1S/C24H28N4O4/c1-15-6-4-5-7-19(15)17-8-9-20(16(2)12-17)22(30)28-14-18(27-32-3)13-24(28,23(26)31)11-10-21(25)29/h4-9,12H,10-11,13-14H2,1-3H3,(H2,25,29)(H2,26,31). The zero-order chi connectivity index (χ0) is 23.5. The second-order valence-electron chi connectivity index (χ2n) is 8.11. The summed E-state index contributed by atoms with van der Waals surface area (Å²) in [6.45, 7) is 3.96. The number of hydrogen-bond donors (Lipinski definition) is 2. The Balaban J connectivity index is 2.01. The third-order valence-electron chi connectivity index (χ3n) is 5.98. The van der Waals surface area contributed by atoms with E-state index >= 15 is 0 Å². The molecule has 1 unspecified atom stereocenters. The Kier molecular flexibility index (Phi) is 6.62. The minimum Gasteiger partial charge on any atom is -0.399 e. The number of carbonyl (C=O) groups excluding carboxylic acids is 3. The van der Waals surface area contributed by atoms with Gasteiger partial charge in [-0.3, -0.25) is 14.4 Å². The van der Waals surface area contributed by atoms with Gasteiger partial charge in [-0.05, 0) is 48.6 Å². The molecule has 8 heteroatoms. The molecule has 168 valence electrons. The van der Waals surface area contributed by atoms with Crippen molar-refractivity contribution in [3.05, 3.63) is 59.2 Å². The summed E-state index contributed by atoms with van der Waals surface area (Å²) in [4.78, 5) is 43.9. The highest BCUT2D eigenvalue weighted by Gasteiger charge is 2.51. The second-order valence-corrected chi connectivity index (χ2v) is 8.11. The van der Waals surface area contributed by atoms with Crippen LogP contribution in [-0.2, 0) is 14.4 Å². The van der Waals surface area contributed by atoms with Gasteiger partial charge in [0.15, 0.2) is 0 Å². The van der Waals surface area contributed by atoms with Crippen LogP contribution in [-0.4, -0.2) is 47.5 Å². The van der Waals surface area contributed by atoms with E-state index in [-0.39, 0.29) is 31.7 Å². The molecule has 0 saturated carbocycles. The van der Waals surface area contributed by atoms with Gasteiger partial charge >= 0.3 is 0 Å². The largest absolute Gasteiger partial charge is 0.399 e. The van der Waals surface area contributed by atoms with E-state index in [0.717, 1.165) is 22.3 Å². The van der Waals surface area contributed by atoms with E-state index in [1.54, 1.807) is 6.07 Å². The third-order valence-corrected chi connectivity index (χ3v) is 5.98. The second kappa shape index (κ2) is 9.21. The maximum Gasteiger partial charge on any atom is 0.255 e. The molecular formula is C24H28N4O4. The SMILES string of the molecule is CON=C1CN(C(=O)c2ccc(-c3ccccc3C)cc2C)C(CCC(N)=O)(C(N)=O)C1. The molecule has 1 aliphatic rings. The van der Waals surface area contributed by atoms with Crippen LogP contribution in [0.4, 0.5) is 0 Å². The van der Waals surface area contributed by atoms with Gasteiger partial charge in [0.25, 0.3) is 5.91 Å². The fourth-order valence-corrected chi connectivity index (χ4v) is 4.29. The Labute approximate surface area is 187 Å². The summed E-state index contributed by atoms with van der Waals surface area (Å²) in [6, 6.07) is 13.6. The van der Waals surface area contributed by atoms with Crippen LogP contribution in [0.15, 0.2) is 47.6 Å². The number of nitrogens with zero attached hydrogens (tertiary/aromatic N) is 2. The molecule has 3 amide bonds. The normalized spacial score (nSPS) is 19.2. The number of benzene rings is 2. The zero-order valence-corrected chi connectivity index (χ0v) is 18.6. The van der Waals surface area contributed by atoms with Crippen LogP contribution in [0.2, 0.25) is 0 Å². The number of hydrogen-bond acceptors (Lipinski definition) is 5. The third kappa shape index (κ3) is 4.34. The van der Waals surface area contributed by atoms with Gasteiger partial charge in [0.2, 0.25) is 11.8 Å². The molecule has 1 saturated heterocycles. The van der Waals surface area contributed by atoms with Crippen molar-refractivity contribution in [1.29, 1.82) is 0 Å². The van der Waals surface area contributed by atoms with E-state index in [9.17, 15) is 14.4 Å². The van der Waals surface area contributed by atoms with Crippen LogP contribution in [0.25, 0.3) is 11.1 Å². The molecule has 1 heterocycles. The summed E-state index contributed by atoms with van der Waals surface area (Å²) in [7, 11) is 1.39. The first-order chi connectivity index (χ1) is 15.2. The van der Waals surface area contributed by atoms with Crippen molar-refractivity contribution in [2.45, 2.75) is 38.6 Å². The molecule has 2 aromatic carbocycles. The summed E-state index contributed by atoms with van der Waals surface area (Å²) in [5.74, 6) is -1.64. The van der Waals surface area contributed by atoms with Crippen LogP contribution >= 0.6 is 0 Å². The number of likely N-dealkylation sites (tertiary alicyclic amines) is 1. The van der Waals surface area contributed by atoms with E-state index in [1.807, 2.05) is 50.2 Å². The Morgan fingerprint density at radius 2 is 1.81 bits per heavy atom. The molecule has 0 aromatic heterocycles. The molecule has 0 radical (unpaired) electrons. The predicted octanol–water partition coefficient (Wildman–Crippen LogP) is 2.31. The van der Waals surface area contributed by atoms with Gasteiger partial charge < -0.3 is 21.2 Å². The van der Waals surface area contributed by atoms with Crippen LogP contribution in [0.1, 0.15) is 40.7 Å². The Hall–Kier alpha value is -3.68. The number of amides is 3. The van der Waals surface area contributed by atoms with Crippen LogP contribution in [0, 0.1) is 13.8 Å². The lowest BCUT2D eigenvalue weighted by Gasteiger charge is -2.35. The van der Waals surface area contributed by atoms with Gasteiger partial charge in [-0.15, -0.1) is 0 Å². The Morgan fingerprint density at radius 3 is 2.41 bits per heavy atom. The lowest BCUT2D eigenvalue weighted by Crippen LogP contribution is -2.56. The van der Waals surface area contributed by atoms with Crippen molar-refractivity contribution >= 4 is 23.4 Å². The van der Waals surface area contributed by atoms with E-state index in [4.69, 9.17) is 16.3 Å². The number of aryl methyl sites for hydroxylation is 2. The summed E-state index contributed by atoms with van der Waals surface area (Å²) < 4.78 is 0. The van der Waals surface area contributed by atoms with Gasteiger partial charge in [0, 0.05) is 18.4 Å². The van der Waals surface area contributed by atoms with Gasteiger partial charge in [0.1, 0.15) is 12.6 Å². The zero-order valence-electron chi connectivity index (χ0n) is 18.6. The molecule has 8 nitrogen and oxygen atoms in total. The predicted molar refractivity (Wildman–Crippen MR) is 122 cm³/mol. The molecule has 1 fully saturated rings. The molecule has 0 spiro atoms. The molecular weight excluding hydrogens is 408 g/mol.